The van der Waals surface area contributed by atoms with Crippen molar-refractivity contribution in [1.82, 2.24) is 4.98 Å². The van der Waals surface area contributed by atoms with Crippen LogP contribution in [-0.4, -0.2) is 27.5 Å². The lowest BCUT2D eigenvalue weighted by molar-refractivity contribution is -0.384. The van der Waals surface area contributed by atoms with E-state index in [0.29, 0.717) is 16.6 Å². The number of thiazole rings is 1. The molecule has 0 radical (unpaired) electrons. The lowest BCUT2D eigenvalue weighted by atomic mass is 10.2. The fourth-order valence-electron chi connectivity index (χ4n) is 1.65. The van der Waals surface area contributed by atoms with Gasteiger partial charge in [-0.05, 0) is 6.07 Å². The van der Waals surface area contributed by atoms with Gasteiger partial charge in [-0.2, -0.15) is 0 Å². The Morgan fingerprint density at radius 3 is 2.88 bits per heavy atom. The predicted molar refractivity (Wildman–Crippen MR) is 93.5 cm³/mol. The van der Waals surface area contributed by atoms with E-state index in [1.165, 1.54) is 35.2 Å². The summed E-state index contributed by atoms with van der Waals surface area (Å²) in [6, 6.07) is 3.62. The minimum atomic E-state index is -0.607. The summed E-state index contributed by atoms with van der Waals surface area (Å²) in [6.45, 7) is 0. The molecule has 1 aromatic heterocycles. The van der Waals surface area contributed by atoms with E-state index in [4.69, 9.17) is 17.3 Å². The van der Waals surface area contributed by atoms with Gasteiger partial charge in [0.25, 0.3) is 11.6 Å². The van der Waals surface area contributed by atoms with Gasteiger partial charge in [-0.1, -0.05) is 11.6 Å². The molecule has 0 aliphatic rings. The molecule has 0 spiro atoms. The zero-order valence-electron chi connectivity index (χ0n) is 12.0. The van der Waals surface area contributed by atoms with Crippen molar-refractivity contribution in [1.29, 1.82) is 0 Å². The molecule has 1 heterocycles. The Bertz CT molecular complexity index is 796. The molecule has 11 heteroatoms. The molecule has 2 aromatic rings. The molecule has 3 N–H and O–H groups in total. The van der Waals surface area contributed by atoms with Gasteiger partial charge < -0.3 is 5.73 Å². The van der Waals surface area contributed by atoms with Crippen LogP contribution in [0.1, 0.15) is 16.1 Å². The first-order valence-corrected chi connectivity index (χ1v) is 8.84. The zero-order valence-corrected chi connectivity index (χ0v) is 14.4. The largest absolute Gasteiger partial charge is 0.369 e. The summed E-state index contributed by atoms with van der Waals surface area (Å²) in [5, 5.41) is 15.5. The first-order valence-electron chi connectivity index (χ1n) is 6.42. The van der Waals surface area contributed by atoms with Crippen molar-refractivity contribution >= 4 is 57.3 Å². The molecule has 24 heavy (non-hydrogen) atoms. The van der Waals surface area contributed by atoms with Crippen molar-refractivity contribution in [2.24, 2.45) is 5.73 Å². The molecule has 0 saturated heterocycles. The summed E-state index contributed by atoms with van der Waals surface area (Å²) >= 11 is 8.43. The molecule has 0 bridgehead atoms. The number of nitrogens with one attached hydrogen (secondary N) is 1. The number of anilines is 1. The Labute approximate surface area is 149 Å². The number of rotatable bonds is 7. The average molecular weight is 387 g/mol. The summed E-state index contributed by atoms with van der Waals surface area (Å²) in [5.41, 5.74) is 5.49. The highest BCUT2D eigenvalue weighted by Crippen LogP contribution is 2.24. The summed E-state index contributed by atoms with van der Waals surface area (Å²) in [5.74, 6) is -0.339. The number of hydrogen-bond acceptors (Lipinski definition) is 7. The standard InChI is InChI=1S/C13H11ClN4O4S2/c14-10-2-1-8(18(21)22)3-9(10)12(20)17-13-16-7(5-24-13)4-23-6-11(15)19/h1-3,5H,4,6H2,(H2,15,19)(H,16,17,20). The molecule has 0 fully saturated rings. The highest BCUT2D eigenvalue weighted by Gasteiger charge is 2.17. The molecule has 8 nitrogen and oxygen atoms in total. The molecule has 126 valence electrons. The second kappa shape index (κ2) is 8.08. The number of primary amides is 1. The summed E-state index contributed by atoms with van der Waals surface area (Å²) in [6.07, 6.45) is 0. The van der Waals surface area contributed by atoms with Gasteiger partial charge in [0.1, 0.15) is 0 Å². The van der Waals surface area contributed by atoms with Gasteiger partial charge >= 0.3 is 0 Å². The Balaban J connectivity index is 2.05. The minimum absolute atomic E-state index is 0.00859. The van der Waals surface area contributed by atoms with E-state index < -0.39 is 16.7 Å². The summed E-state index contributed by atoms with van der Waals surface area (Å²) < 4.78 is 0. The van der Waals surface area contributed by atoms with Crippen molar-refractivity contribution in [2.45, 2.75) is 5.75 Å². The number of nitro benzene ring substituents is 1. The van der Waals surface area contributed by atoms with Crippen LogP contribution in [0.3, 0.4) is 0 Å². The van der Waals surface area contributed by atoms with Gasteiger partial charge in [0.05, 0.1) is 27.0 Å². The lowest BCUT2D eigenvalue weighted by Gasteiger charge is -2.04. The highest BCUT2D eigenvalue weighted by molar-refractivity contribution is 7.99. The minimum Gasteiger partial charge on any atom is -0.369 e. The number of nitro groups is 1. The molecule has 2 rings (SSSR count). The highest BCUT2D eigenvalue weighted by atomic mass is 35.5. The Morgan fingerprint density at radius 2 is 2.21 bits per heavy atom. The van der Waals surface area contributed by atoms with Crippen LogP contribution in [0.2, 0.25) is 5.02 Å². The van der Waals surface area contributed by atoms with E-state index in [1.807, 2.05) is 0 Å². The SMILES string of the molecule is NC(=O)CSCc1csc(NC(=O)c2cc([N+](=O)[O-])ccc2Cl)n1. The Morgan fingerprint density at radius 1 is 1.46 bits per heavy atom. The normalized spacial score (nSPS) is 10.4. The third-order valence-electron chi connectivity index (χ3n) is 2.67. The number of carbonyl (C=O) groups is 2. The van der Waals surface area contributed by atoms with Gasteiger partial charge in [-0.3, -0.25) is 25.0 Å². The maximum Gasteiger partial charge on any atom is 0.270 e. The quantitative estimate of drug-likeness (QED) is 0.556. The number of non-ortho nitro benzene ring substituents is 1. The van der Waals surface area contributed by atoms with E-state index in [0.717, 1.165) is 6.07 Å². The zero-order chi connectivity index (χ0) is 17.7. The smallest absolute Gasteiger partial charge is 0.270 e. The number of hydrogen-bond donors (Lipinski definition) is 2. The number of thioether (sulfide) groups is 1. The van der Waals surface area contributed by atoms with Crippen LogP contribution in [0.4, 0.5) is 10.8 Å². The van der Waals surface area contributed by atoms with Crippen molar-refractivity contribution in [2.75, 3.05) is 11.1 Å². The summed E-state index contributed by atoms with van der Waals surface area (Å²) in [7, 11) is 0. The van der Waals surface area contributed by atoms with Gasteiger partial charge in [-0.25, -0.2) is 4.98 Å². The van der Waals surface area contributed by atoms with E-state index in [9.17, 15) is 19.7 Å². The van der Waals surface area contributed by atoms with Crippen LogP contribution in [-0.2, 0) is 10.5 Å². The van der Waals surface area contributed by atoms with Crippen molar-refractivity contribution in [3.05, 3.63) is 50.0 Å². The fourth-order valence-corrected chi connectivity index (χ4v) is 3.33. The van der Waals surface area contributed by atoms with E-state index in [-0.39, 0.29) is 22.0 Å². The monoisotopic (exact) mass is 386 g/mol. The van der Waals surface area contributed by atoms with Gasteiger partial charge in [0.2, 0.25) is 5.91 Å². The molecular formula is C13H11ClN4O4S2. The average Bonchev–Trinajstić information content (AvgIpc) is 2.94. The number of halogens is 1. The third kappa shape index (κ3) is 4.91. The third-order valence-corrected chi connectivity index (χ3v) is 4.80. The maximum atomic E-state index is 12.2. The predicted octanol–water partition coefficient (Wildman–Crippen LogP) is 2.68. The molecule has 0 aliphatic heterocycles. The van der Waals surface area contributed by atoms with Crippen molar-refractivity contribution in [3.63, 3.8) is 0 Å². The second-order valence-electron chi connectivity index (χ2n) is 4.48. The molecule has 0 unspecified atom stereocenters. The van der Waals surface area contributed by atoms with Crippen LogP contribution in [0, 0.1) is 10.1 Å². The van der Waals surface area contributed by atoms with Gasteiger partial charge in [0, 0.05) is 23.3 Å². The fraction of sp³-hybridized carbons (Fsp3) is 0.154. The van der Waals surface area contributed by atoms with E-state index >= 15 is 0 Å². The molecule has 1 aromatic carbocycles. The molecular weight excluding hydrogens is 376 g/mol. The first-order chi connectivity index (χ1) is 11.4. The number of aromatic nitrogens is 1. The lowest BCUT2D eigenvalue weighted by Crippen LogP contribution is -2.13. The van der Waals surface area contributed by atoms with Crippen LogP contribution in [0.25, 0.3) is 0 Å². The topological polar surface area (TPSA) is 128 Å². The first kappa shape index (κ1) is 18.2. The van der Waals surface area contributed by atoms with E-state index in [2.05, 4.69) is 10.3 Å². The number of benzene rings is 1. The molecule has 0 saturated carbocycles. The van der Waals surface area contributed by atoms with Crippen LogP contribution < -0.4 is 11.1 Å². The number of carbonyl (C=O) groups excluding carboxylic acids is 2. The Hall–Kier alpha value is -2.17. The molecule has 2 amide bonds. The Kier molecular flexibility index (Phi) is 6.12. The number of nitrogens with zero attached hydrogens (tertiary/aromatic N) is 2. The second-order valence-corrected chi connectivity index (χ2v) is 6.73. The molecule has 0 atom stereocenters. The molecule has 0 aliphatic carbocycles. The number of amides is 2. The number of nitrogens with two attached hydrogens (primary N) is 1. The van der Waals surface area contributed by atoms with Crippen LogP contribution >= 0.6 is 34.7 Å². The van der Waals surface area contributed by atoms with Crippen molar-refractivity contribution in [3.8, 4) is 0 Å². The van der Waals surface area contributed by atoms with Crippen LogP contribution in [0.5, 0.6) is 0 Å². The van der Waals surface area contributed by atoms with Crippen molar-refractivity contribution < 1.29 is 14.5 Å². The van der Waals surface area contributed by atoms with Crippen LogP contribution in [0.15, 0.2) is 23.6 Å². The maximum absolute atomic E-state index is 12.2. The summed E-state index contributed by atoms with van der Waals surface area (Å²) in [4.78, 5) is 37.2. The van der Waals surface area contributed by atoms with Gasteiger partial charge in [0.15, 0.2) is 5.13 Å². The van der Waals surface area contributed by atoms with Gasteiger partial charge in [-0.15, -0.1) is 23.1 Å². The van der Waals surface area contributed by atoms with E-state index in [1.54, 1.807) is 5.38 Å².